The highest BCUT2D eigenvalue weighted by atomic mass is 16.6. The first-order valence-corrected chi connectivity index (χ1v) is 5.44. The Morgan fingerprint density at radius 3 is 2.19 bits per heavy atom. The Balaban J connectivity index is 2.88. The summed E-state index contributed by atoms with van der Waals surface area (Å²) in [6, 6.07) is 2.74. The molecule has 0 radical (unpaired) electrons. The molecule has 0 saturated heterocycles. The highest BCUT2D eigenvalue weighted by molar-refractivity contribution is 6.08. The molecule has 0 bridgehead atoms. The number of rotatable bonds is 7. The molecule has 1 unspecified atom stereocenters. The maximum Gasteiger partial charge on any atom is 0.338 e. The van der Waals surface area contributed by atoms with E-state index >= 15 is 0 Å². The Kier molecular flexibility index (Phi) is 5.17. The Morgan fingerprint density at radius 2 is 1.76 bits per heavy atom. The SMILES string of the molecule is O=C(O)CC(=O)C(N=Nc1ccc([N+](=O)[O-])cc1)C(=O)O. The van der Waals surface area contributed by atoms with Crippen LogP contribution < -0.4 is 0 Å². The topological polar surface area (TPSA) is 160 Å². The Labute approximate surface area is 116 Å². The molecular weight excluding hydrogens is 286 g/mol. The normalized spacial score (nSPS) is 12.0. The van der Waals surface area contributed by atoms with Crippen molar-refractivity contribution >= 4 is 29.1 Å². The molecule has 0 saturated carbocycles. The molecule has 110 valence electrons. The summed E-state index contributed by atoms with van der Waals surface area (Å²) in [5, 5.41) is 34.4. The van der Waals surface area contributed by atoms with Gasteiger partial charge in [0.1, 0.15) is 6.42 Å². The van der Waals surface area contributed by atoms with E-state index in [0.29, 0.717) is 0 Å². The van der Waals surface area contributed by atoms with E-state index in [2.05, 4.69) is 10.2 Å². The number of non-ortho nitro benzene ring substituents is 1. The number of aliphatic carboxylic acids is 2. The van der Waals surface area contributed by atoms with E-state index in [9.17, 15) is 24.5 Å². The lowest BCUT2D eigenvalue weighted by atomic mass is 10.1. The molecule has 2 N–H and O–H groups in total. The van der Waals surface area contributed by atoms with E-state index in [1.54, 1.807) is 0 Å². The summed E-state index contributed by atoms with van der Waals surface area (Å²) in [5.74, 6) is -4.23. The molecule has 0 aromatic heterocycles. The Bertz CT molecular complexity index is 609. The standard InChI is InChI=1S/C11H9N3O7/c15-8(5-9(16)17)10(11(18)19)13-12-6-1-3-7(4-2-6)14(20)21/h1-4,10H,5H2,(H,16,17)(H,18,19). The molecule has 10 nitrogen and oxygen atoms in total. The smallest absolute Gasteiger partial charge is 0.338 e. The lowest BCUT2D eigenvalue weighted by molar-refractivity contribution is -0.384. The van der Waals surface area contributed by atoms with Crippen LogP contribution in [0.3, 0.4) is 0 Å². The van der Waals surface area contributed by atoms with E-state index < -0.39 is 35.1 Å². The van der Waals surface area contributed by atoms with Gasteiger partial charge in [0.05, 0.1) is 10.6 Å². The zero-order valence-corrected chi connectivity index (χ0v) is 10.4. The van der Waals surface area contributed by atoms with Gasteiger partial charge in [-0.05, 0) is 12.1 Å². The quantitative estimate of drug-likeness (QED) is 0.330. The second-order valence-corrected chi connectivity index (χ2v) is 3.77. The zero-order chi connectivity index (χ0) is 16.0. The molecule has 0 fully saturated rings. The van der Waals surface area contributed by atoms with Gasteiger partial charge in [0.2, 0.25) is 6.04 Å². The number of nitro benzene ring substituents is 1. The average Bonchev–Trinajstić information content (AvgIpc) is 2.38. The van der Waals surface area contributed by atoms with Crippen LogP contribution in [0.25, 0.3) is 0 Å². The molecule has 1 atom stereocenters. The summed E-state index contributed by atoms with van der Waals surface area (Å²) in [7, 11) is 0. The number of carboxylic acids is 2. The monoisotopic (exact) mass is 295 g/mol. The van der Waals surface area contributed by atoms with E-state index in [1.807, 2.05) is 0 Å². The number of hydrogen-bond acceptors (Lipinski definition) is 7. The van der Waals surface area contributed by atoms with Crippen molar-refractivity contribution in [2.45, 2.75) is 12.5 Å². The molecule has 0 aliphatic heterocycles. The molecule has 1 aromatic carbocycles. The van der Waals surface area contributed by atoms with Gasteiger partial charge in [-0.1, -0.05) is 0 Å². The first-order chi connectivity index (χ1) is 9.81. The number of nitro groups is 1. The number of nitrogens with zero attached hydrogens (tertiary/aromatic N) is 3. The fraction of sp³-hybridized carbons (Fsp3) is 0.182. The third-order valence-corrected chi connectivity index (χ3v) is 2.21. The van der Waals surface area contributed by atoms with Gasteiger partial charge in [-0.15, -0.1) is 0 Å². The van der Waals surface area contributed by atoms with Gasteiger partial charge in [-0.3, -0.25) is 19.7 Å². The molecule has 0 aliphatic carbocycles. The van der Waals surface area contributed by atoms with Gasteiger partial charge < -0.3 is 10.2 Å². The molecule has 0 aliphatic rings. The van der Waals surface area contributed by atoms with Gasteiger partial charge >= 0.3 is 11.9 Å². The van der Waals surface area contributed by atoms with Crippen LogP contribution in [0.1, 0.15) is 6.42 Å². The van der Waals surface area contributed by atoms with Crippen molar-refractivity contribution < 1.29 is 29.5 Å². The fourth-order valence-corrected chi connectivity index (χ4v) is 1.26. The predicted molar refractivity (Wildman–Crippen MR) is 66.3 cm³/mol. The number of hydrogen-bond donors (Lipinski definition) is 2. The number of carbonyl (C=O) groups is 3. The highest BCUT2D eigenvalue weighted by Gasteiger charge is 2.27. The fourth-order valence-electron chi connectivity index (χ4n) is 1.26. The predicted octanol–water partition coefficient (Wildman–Crippen LogP) is 1.18. The van der Waals surface area contributed by atoms with Crippen LogP contribution in [-0.2, 0) is 14.4 Å². The molecule has 0 heterocycles. The molecule has 21 heavy (non-hydrogen) atoms. The van der Waals surface area contributed by atoms with Gasteiger partial charge in [-0.25, -0.2) is 4.79 Å². The van der Waals surface area contributed by atoms with E-state index in [-0.39, 0.29) is 11.4 Å². The van der Waals surface area contributed by atoms with Crippen LogP contribution >= 0.6 is 0 Å². The first kappa shape index (κ1) is 15.9. The maximum absolute atomic E-state index is 11.4. The van der Waals surface area contributed by atoms with E-state index in [4.69, 9.17) is 10.2 Å². The summed E-state index contributed by atoms with van der Waals surface area (Å²) in [5.41, 5.74) is -0.0966. The van der Waals surface area contributed by atoms with Crippen molar-refractivity contribution in [3.05, 3.63) is 34.4 Å². The number of Topliss-reactive ketones (excluding diaryl/α,β-unsaturated/α-hetero) is 1. The number of carbonyl (C=O) groups excluding carboxylic acids is 1. The Hall–Kier alpha value is -3.17. The number of azo groups is 1. The van der Waals surface area contributed by atoms with Gasteiger partial charge in [0, 0.05) is 12.1 Å². The van der Waals surface area contributed by atoms with Crippen LogP contribution in [0, 0.1) is 10.1 Å². The summed E-state index contributed by atoms with van der Waals surface area (Å²) < 4.78 is 0. The highest BCUT2D eigenvalue weighted by Crippen LogP contribution is 2.18. The largest absolute Gasteiger partial charge is 0.481 e. The van der Waals surface area contributed by atoms with Gasteiger partial charge in [0.25, 0.3) is 5.69 Å². The summed E-state index contributed by atoms with van der Waals surface area (Å²) in [6.07, 6.45) is -0.990. The average molecular weight is 295 g/mol. The van der Waals surface area contributed by atoms with Crippen LogP contribution in [-0.4, -0.2) is 38.9 Å². The van der Waals surface area contributed by atoms with Crippen molar-refractivity contribution in [3.8, 4) is 0 Å². The molecule has 1 rings (SSSR count). The van der Waals surface area contributed by atoms with Crippen molar-refractivity contribution in [2.75, 3.05) is 0 Å². The van der Waals surface area contributed by atoms with Crippen molar-refractivity contribution in [2.24, 2.45) is 10.2 Å². The van der Waals surface area contributed by atoms with E-state index in [0.717, 1.165) is 12.1 Å². The second kappa shape index (κ2) is 6.84. The summed E-state index contributed by atoms with van der Waals surface area (Å²) in [6.45, 7) is 0. The van der Waals surface area contributed by atoms with Crippen LogP contribution in [0.4, 0.5) is 11.4 Å². The molecule has 0 spiro atoms. The zero-order valence-electron chi connectivity index (χ0n) is 10.4. The van der Waals surface area contributed by atoms with Crippen molar-refractivity contribution in [1.29, 1.82) is 0 Å². The lowest BCUT2D eigenvalue weighted by Gasteiger charge is -2.02. The van der Waals surface area contributed by atoms with E-state index in [1.165, 1.54) is 12.1 Å². The summed E-state index contributed by atoms with van der Waals surface area (Å²) in [4.78, 5) is 42.4. The van der Waals surface area contributed by atoms with Crippen LogP contribution in [0.15, 0.2) is 34.5 Å². The van der Waals surface area contributed by atoms with Crippen molar-refractivity contribution in [1.82, 2.24) is 0 Å². The number of carboxylic acid groups (broad SMARTS) is 2. The first-order valence-electron chi connectivity index (χ1n) is 5.44. The lowest BCUT2D eigenvalue weighted by Crippen LogP contribution is -2.29. The molecule has 0 amide bonds. The Morgan fingerprint density at radius 1 is 1.19 bits per heavy atom. The number of benzene rings is 1. The molecule has 10 heteroatoms. The minimum atomic E-state index is -1.93. The molecule has 1 aromatic rings. The minimum Gasteiger partial charge on any atom is -0.481 e. The third-order valence-electron chi connectivity index (χ3n) is 2.21. The summed E-state index contributed by atoms with van der Waals surface area (Å²) >= 11 is 0. The second-order valence-electron chi connectivity index (χ2n) is 3.77. The molecular formula is C11H9N3O7. The van der Waals surface area contributed by atoms with Crippen LogP contribution in [0.2, 0.25) is 0 Å². The van der Waals surface area contributed by atoms with Gasteiger partial charge in [0.15, 0.2) is 5.78 Å². The van der Waals surface area contributed by atoms with Crippen molar-refractivity contribution in [3.63, 3.8) is 0 Å². The number of ketones is 1. The minimum absolute atomic E-state index is 0.0926. The van der Waals surface area contributed by atoms with Gasteiger partial charge in [-0.2, -0.15) is 10.2 Å². The maximum atomic E-state index is 11.4. The third kappa shape index (κ3) is 4.78. The van der Waals surface area contributed by atoms with Crippen LogP contribution in [0.5, 0.6) is 0 Å².